The number of rotatable bonds is 6. The minimum Gasteiger partial charge on any atom is -0.481 e. The number of carbonyl (C=O) groups excluding carboxylic acids is 1. The molecule has 1 amide bonds. The minimum atomic E-state index is -0.473. The molecule has 1 aliphatic heterocycles. The Morgan fingerprint density at radius 2 is 2.00 bits per heavy atom. The Labute approximate surface area is 141 Å². The van der Waals surface area contributed by atoms with Gasteiger partial charge in [-0.2, -0.15) is 0 Å². The molecule has 22 heavy (non-hydrogen) atoms. The molecular weight excluding hydrogens is 344 g/mol. The molecule has 1 aromatic carbocycles. The van der Waals surface area contributed by atoms with E-state index < -0.39 is 6.10 Å². The van der Waals surface area contributed by atoms with Gasteiger partial charge in [-0.15, -0.1) is 0 Å². The summed E-state index contributed by atoms with van der Waals surface area (Å²) in [5.74, 6) is 1.40. The highest BCUT2D eigenvalue weighted by molar-refractivity contribution is 9.10. The molecule has 1 atom stereocenters. The predicted octanol–water partition coefficient (Wildman–Crippen LogP) is 3.06. The van der Waals surface area contributed by atoms with Crippen molar-refractivity contribution in [2.45, 2.75) is 32.3 Å². The molecule has 1 saturated heterocycles. The fourth-order valence-corrected chi connectivity index (χ4v) is 2.93. The third kappa shape index (κ3) is 5.61. The maximum atomic E-state index is 12.1. The first-order valence-corrected chi connectivity index (χ1v) is 8.72. The lowest BCUT2D eigenvalue weighted by atomic mass is 9.94. The quantitative estimate of drug-likeness (QED) is 0.838. The van der Waals surface area contributed by atoms with Crippen molar-refractivity contribution in [1.29, 1.82) is 0 Å². The number of ether oxygens (including phenoxy) is 1. The van der Waals surface area contributed by atoms with Gasteiger partial charge in [0.05, 0.1) is 0 Å². The van der Waals surface area contributed by atoms with Gasteiger partial charge in [-0.1, -0.05) is 15.9 Å². The van der Waals surface area contributed by atoms with Gasteiger partial charge in [-0.3, -0.25) is 4.79 Å². The molecule has 0 bridgehead atoms. The first-order chi connectivity index (χ1) is 10.5. The van der Waals surface area contributed by atoms with Crippen LogP contribution in [0.1, 0.15) is 26.2 Å². The number of halogens is 1. The van der Waals surface area contributed by atoms with E-state index in [9.17, 15) is 4.79 Å². The summed E-state index contributed by atoms with van der Waals surface area (Å²) in [6.45, 7) is 4.86. The largest absolute Gasteiger partial charge is 0.481 e. The molecule has 0 aliphatic carbocycles. The van der Waals surface area contributed by atoms with Crippen molar-refractivity contribution in [3.8, 4) is 5.75 Å². The summed E-state index contributed by atoms with van der Waals surface area (Å²) >= 11 is 3.38. The van der Waals surface area contributed by atoms with Crippen LogP contribution >= 0.6 is 15.9 Å². The fourth-order valence-electron chi connectivity index (χ4n) is 2.66. The molecular formula is C17H25BrN2O2. The summed E-state index contributed by atoms with van der Waals surface area (Å²) in [5, 5.41) is 2.99. The summed E-state index contributed by atoms with van der Waals surface area (Å²) < 4.78 is 6.64. The van der Waals surface area contributed by atoms with Crippen molar-refractivity contribution in [3.05, 3.63) is 28.7 Å². The number of likely N-dealkylation sites (tertiary alicyclic amines) is 1. The first-order valence-electron chi connectivity index (χ1n) is 7.93. The molecule has 0 radical (unpaired) electrons. The molecule has 0 saturated carbocycles. The Balaban J connectivity index is 1.67. The molecule has 2 rings (SSSR count). The van der Waals surface area contributed by atoms with Crippen LogP contribution in [0.5, 0.6) is 5.75 Å². The van der Waals surface area contributed by atoms with Crippen LogP contribution in [0, 0.1) is 5.92 Å². The molecule has 1 N–H and O–H groups in total. The highest BCUT2D eigenvalue weighted by Gasteiger charge is 2.18. The van der Waals surface area contributed by atoms with Crippen LogP contribution in [0.25, 0.3) is 0 Å². The lowest BCUT2D eigenvalue weighted by Gasteiger charge is -2.29. The first kappa shape index (κ1) is 17.3. The molecule has 5 heteroatoms. The second kappa shape index (κ2) is 8.53. The van der Waals surface area contributed by atoms with E-state index in [0.29, 0.717) is 5.75 Å². The van der Waals surface area contributed by atoms with Crippen LogP contribution in [0.4, 0.5) is 0 Å². The molecule has 122 valence electrons. The summed E-state index contributed by atoms with van der Waals surface area (Å²) in [4.78, 5) is 14.4. The Morgan fingerprint density at radius 1 is 1.36 bits per heavy atom. The van der Waals surface area contributed by atoms with Gasteiger partial charge < -0.3 is 15.0 Å². The van der Waals surface area contributed by atoms with E-state index in [1.54, 1.807) is 6.92 Å². The molecule has 0 aromatic heterocycles. The molecule has 1 heterocycles. The standard InChI is InChI=1S/C17H25BrN2O2/c1-13(22-16-5-3-15(18)4-6-16)17(21)19-10-7-14-8-11-20(2)12-9-14/h3-6,13-14H,7-12H2,1-2H3,(H,19,21). The zero-order chi connectivity index (χ0) is 15.9. The second-order valence-electron chi connectivity index (χ2n) is 6.04. The fraction of sp³-hybridized carbons (Fsp3) is 0.588. The van der Waals surface area contributed by atoms with E-state index in [1.807, 2.05) is 24.3 Å². The van der Waals surface area contributed by atoms with Gasteiger partial charge in [0, 0.05) is 11.0 Å². The zero-order valence-electron chi connectivity index (χ0n) is 13.3. The SMILES string of the molecule is CC(Oc1ccc(Br)cc1)C(=O)NCCC1CCN(C)CC1. The number of benzene rings is 1. The summed E-state index contributed by atoms with van der Waals surface area (Å²) in [6, 6.07) is 7.51. The summed E-state index contributed by atoms with van der Waals surface area (Å²) in [5.41, 5.74) is 0. The molecule has 4 nitrogen and oxygen atoms in total. The Kier molecular flexibility index (Phi) is 6.70. The summed E-state index contributed by atoms with van der Waals surface area (Å²) in [6.07, 6.45) is 3.05. The number of piperidine rings is 1. The van der Waals surface area contributed by atoms with Crippen molar-refractivity contribution in [2.24, 2.45) is 5.92 Å². The third-order valence-electron chi connectivity index (χ3n) is 4.19. The van der Waals surface area contributed by atoms with Crippen LogP contribution < -0.4 is 10.1 Å². The normalized spacial score (nSPS) is 18.0. The maximum absolute atomic E-state index is 12.1. The molecule has 1 unspecified atom stereocenters. The van der Waals surface area contributed by atoms with E-state index in [4.69, 9.17) is 4.74 Å². The van der Waals surface area contributed by atoms with Crippen LogP contribution in [0.2, 0.25) is 0 Å². The van der Waals surface area contributed by atoms with Crippen LogP contribution in [-0.2, 0) is 4.79 Å². The lowest BCUT2D eigenvalue weighted by Crippen LogP contribution is -2.38. The third-order valence-corrected chi connectivity index (χ3v) is 4.71. The molecule has 1 aromatic rings. The molecule has 1 aliphatic rings. The van der Waals surface area contributed by atoms with Crippen molar-refractivity contribution in [1.82, 2.24) is 10.2 Å². The number of nitrogens with zero attached hydrogens (tertiary/aromatic N) is 1. The average Bonchev–Trinajstić information content (AvgIpc) is 2.51. The maximum Gasteiger partial charge on any atom is 0.260 e. The van der Waals surface area contributed by atoms with E-state index in [0.717, 1.165) is 23.4 Å². The van der Waals surface area contributed by atoms with Gasteiger partial charge in [0.25, 0.3) is 5.91 Å². The molecule has 1 fully saturated rings. The second-order valence-corrected chi connectivity index (χ2v) is 6.96. The van der Waals surface area contributed by atoms with Crippen molar-refractivity contribution >= 4 is 21.8 Å². The van der Waals surface area contributed by atoms with Gasteiger partial charge in [0.2, 0.25) is 0 Å². The molecule has 0 spiro atoms. The van der Waals surface area contributed by atoms with Gasteiger partial charge >= 0.3 is 0 Å². The topological polar surface area (TPSA) is 41.6 Å². The Morgan fingerprint density at radius 3 is 2.64 bits per heavy atom. The number of amides is 1. The number of hydrogen-bond donors (Lipinski definition) is 1. The van der Waals surface area contributed by atoms with E-state index in [-0.39, 0.29) is 5.91 Å². The van der Waals surface area contributed by atoms with Crippen molar-refractivity contribution in [3.63, 3.8) is 0 Å². The Bertz CT molecular complexity index is 470. The van der Waals surface area contributed by atoms with Crippen molar-refractivity contribution < 1.29 is 9.53 Å². The number of hydrogen-bond acceptors (Lipinski definition) is 3. The smallest absolute Gasteiger partial charge is 0.260 e. The van der Waals surface area contributed by atoms with E-state index >= 15 is 0 Å². The van der Waals surface area contributed by atoms with Gasteiger partial charge in [0.1, 0.15) is 5.75 Å². The van der Waals surface area contributed by atoms with Crippen molar-refractivity contribution in [2.75, 3.05) is 26.7 Å². The van der Waals surface area contributed by atoms with Crippen LogP contribution in [-0.4, -0.2) is 43.6 Å². The van der Waals surface area contributed by atoms with Gasteiger partial charge in [-0.25, -0.2) is 0 Å². The monoisotopic (exact) mass is 368 g/mol. The summed E-state index contributed by atoms with van der Waals surface area (Å²) in [7, 11) is 2.17. The number of nitrogens with one attached hydrogen (secondary N) is 1. The van der Waals surface area contributed by atoms with E-state index in [2.05, 4.69) is 33.2 Å². The van der Waals surface area contributed by atoms with Crippen LogP contribution in [0.3, 0.4) is 0 Å². The highest BCUT2D eigenvalue weighted by atomic mass is 79.9. The zero-order valence-corrected chi connectivity index (χ0v) is 14.9. The van der Waals surface area contributed by atoms with E-state index in [1.165, 1.54) is 25.9 Å². The van der Waals surface area contributed by atoms with Gasteiger partial charge in [0.15, 0.2) is 6.10 Å². The van der Waals surface area contributed by atoms with Gasteiger partial charge in [-0.05, 0) is 76.5 Å². The predicted molar refractivity (Wildman–Crippen MR) is 92.1 cm³/mol. The average molecular weight is 369 g/mol. The lowest BCUT2D eigenvalue weighted by molar-refractivity contribution is -0.127. The Hall–Kier alpha value is -1.07. The highest BCUT2D eigenvalue weighted by Crippen LogP contribution is 2.19. The number of carbonyl (C=O) groups is 1. The minimum absolute atomic E-state index is 0.0455. The van der Waals surface area contributed by atoms with Crippen LogP contribution in [0.15, 0.2) is 28.7 Å².